The van der Waals surface area contributed by atoms with Crippen molar-refractivity contribution in [2.75, 3.05) is 43.5 Å². The molecule has 0 aliphatic carbocycles. The van der Waals surface area contributed by atoms with Crippen LogP contribution in [-0.2, 0) is 16.4 Å². The smallest absolute Gasteiger partial charge is 0.268 e. The van der Waals surface area contributed by atoms with Crippen molar-refractivity contribution in [2.45, 2.75) is 30.6 Å². The van der Waals surface area contributed by atoms with E-state index in [4.69, 9.17) is 0 Å². The quantitative estimate of drug-likeness (QED) is 0.573. The Morgan fingerprint density at radius 2 is 1.84 bits per heavy atom. The lowest BCUT2D eigenvalue weighted by atomic mass is 10.2. The van der Waals surface area contributed by atoms with Gasteiger partial charge in [0.25, 0.3) is 5.91 Å². The fourth-order valence-corrected chi connectivity index (χ4v) is 7.81. The lowest BCUT2D eigenvalue weighted by molar-refractivity contribution is 0.0993. The third-order valence-electron chi connectivity index (χ3n) is 5.82. The summed E-state index contributed by atoms with van der Waals surface area (Å²) >= 11 is 2.98. The van der Waals surface area contributed by atoms with Crippen LogP contribution in [0, 0.1) is 0 Å². The van der Waals surface area contributed by atoms with E-state index in [1.807, 2.05) is 25.1 Å². The lowest BCUT2D eigenvalue weighted by Crippen LogP contribution is -2.35. The van der Waals surface area contributed by atoms with Crippen molar-refractivity contribution in [1.82, 2.24) is 9.29 Å². The van der Waals surface area contributed by atoms with Crippen LogP contribution in [0.15, 0.2) is 29.2 Å². The van der Waals surface area contributed by atoms with Gasteiger partial charge in [-0.05, 0) is 49.1 Å². The maximum Gasteiger partial charge on any atom is 0.268 e. The molecule has 0 atom stereocenters. The summed E-state index contributed by atoms with van der Waals surface area (Å²) in [7, 11) is 0.434. The number of carbonyl (C=O) groups excluding carboxylic acids is 1. The minimum atomic E-state index is -3.47. The molecule has 0 bridgehead atoms. The third-order valence-corrected chi connectivity index (χ3v) is 10.0. The Bertz CT molecular complexity index is 1220. The topological polar surface area (TPSA) is 73.8 Å². The number of benzene rings is 1. The monoisotopic (exact) mass is 476 g/mol. The van der Waals surface area contributed by atoms with Gasteiger partial charge in [0.1, 0.15) is 4.83 Å². The molecular formula is C21H24N4O3S3. The number of fused-ring (bicyclic) bond motifs is 2. The SMILES string of the molecule is CN(C)c1nc2sc(C(=O)N3CCc4cc(S(=O)(=O)N5CCCCC5)ccc43)cc2s1. The number of anilines is 2. The van der Waals surface area contributed by atoms with Gasteiger partial charge in [-0.3, -0.25) is 4.79 Å². The van der Waals surface area contributed by atoms with Gasteiger partial charge in [-0.25, -0.2) is 13.4 Å². The van der Waals surface area contributed by atoms with E-state index in [0.717, 1.165) is 45.2 Å². The van der Waals surface area contributed by atoms with E-state index < -0.39 is 10.0 Å². The van der Waals surface area contributed by atoms with E-state index in [-0.39, 0.29) is 5.91 Å². The first-order chi connectivity index (χ1) is 14.8. The second-order valence-electron chi connectivity index (χ2n) is 8.13. The largest absolute Gasteiger partial charge is 0.354 e. The maximum absolute atomic E-state index is 13.2. The van der Waals surface area contributed by atoms with Gasteiger partial charge >= 0.3 is 0 Å². The van der Waals surface area contributed by atoms with Crippen LogP contribution in [0.25, 0.3) is 9.53 Å². The standard InChI is InChI=1S/C21H24N4O3S3/c1-23(2)21-22-19-17(30-21)13-18(29-19)20(26)25-11-8-14-12-15(6-7-16(14)25)31(27,28)24-9-4-3-5-10-24/h6-7,12-13H,3-5,8-11H2,1-2H3. The van der Waals surface area contributed by atoms with Crippen molar-refractivity contribution in [3.63, 3.8) is 0 Å². The summed E-state index contributed by atoms with van der Waals surface area (Å²) in [5, 5.41) is 0.925. The molecule has 2 aliphatic rings. The number of hydrogen-bond acceptors (Lipinski definition) is 7. The molecule has 0 spiro atoms. The predicted octanol–water partition coefficient (Wildman–Crippen LogP) is 3.80. The Morgan fingerprint density at radius 1 is 1.06 bits per heavy atom. The number of thiazole rings is 1. The minimum Gasteiger partial charge on any atom is -0.354 e. The van der Waals surface area contributed by atoms with E-state index in [0.29, 0.717) is 35.8 Å². The van der Waals surface area contributed by atoms with Crippen LogP contribution in [0.4, 0.5) is 10.8 Å². The third kappa shape index (κ3) is 3.65. The van der Waals surface area contributed by atoms with E-state index in [1.165, 1.54) is 11.3 Å². The molecule has 2 aromatic heterocycles. The van der Waals surface area contributed by atoms with Crippen LogP contribution < -0.4 is 9.80 Å². The van der Waals surface area contributed by atoms with Crippen molar-refractivity contribution in [3.05, 3.63) is 34.7 Å². The Kier molecular flexibility index (Phi) is 5.28. The van der Waals surface area contributed by atoms with Crippen LogP contribution in [0.5, 0.6) is 0 Å². The highest BCUT2D eigenvalue weighted by molar-refractivity contribution is 7.89. The van der Waals surface area contributed by atoms with Crippen LogP contribution in [0.3, 0.4) is 0 Å². The molecule has 0 N–H and O–H groups in total. The first-order valence-corrected chi connectivity index (χ1v) is 13.4. The molecule has 4 heterocycles. The summed E-state index contributed by atoms with van der Waals surface area (Å²) in [4.78, 5) is 23.4. The number of carbonyl (C=O) groups is 1. The van der Waals surface area contributed by atoms with Gasteiger partial charge in [-0.15, -0.1) is 11.3 Å². The Labute approximate surface area is 190 Å². The number of aromatic nitrogens is 1. The van der Waals surface area contributed by atoms with E-state index in [9.17, 15) is 13.2 Å². The van der Waals surface area contributed by atoms with Crippen molar-refractivity contribution >= 4 is 59.0 Å². The van der Waals surface area contributed by atoms with Crippen molar-refractivity contribution in [1.29, 1.82) is 0 Å². The zero-order valence-electron chi connectivity index (χ0n) is 17.5. The number of amides is 1. The summed E-state index contributed by atoms with van der Waals surface area (Å²) in [6, 6.07) is 7.10. The van der Waals surface area contributed by atoms with Crippen LogP contribution >= 0.6 is 22.7 Å². The molecule has 164 valence electrons. The molecule has 1 saturated heterocycles. The summed E-state index contributed by atoms with van der Waals surface area (Å²) in [5.74, 6) is -0.0491. The Hall–Kier alpha value is -2.01. The van der Waals surface area contributed by atoms with E-state index in [2.05, 4.69) is 4.98 Å². The highest BCUT2D eigenvalue weighted by Crippen LogP contribution is 2.37. The number of hydrogen-bond donors (Lipinski definition) is 0. The molecule has 1 fully saturated rings. The fourth-order valence-electron chi connectivity index (χ4n) is 4.16. The van der Waals surface area contributed by atoms with Crippen LogP contribution in [-0.4, -0.2) is 57.3 Å². The molecule has 0 radical (unpaired) electrons. The van der Waals surface area contributed by atoms with Gasteiger partial charge in [0.2, 0.25) is 10.0 Å². The highest BCUT2D eigenvalue weighted by Gasteiger charge is 2.31. The Morgan fingerprint density at radius 3 is 2.55 bits per heavy atom. The maximum atomic E-state index is 13.2. The number of piperidine rings is 1. The summed E-state index contributed by atoms with van der Waals surface area (Å²) in [5.41, 5.74) is 1.72. The van der Waals surface area contributed by atoms with E-state index in [1.54, 1.807) is 38.7 Å². The normalized spacial score (nSPS) is 17.3. The first-order valence-electron chi connectivity index (χ1n) is 10.4. The van der Waals surface area contributed by atoms with Gasteiger partial charge in [0, 0.05) is 39.4 Å². The zero-order chi connectivity index (χ0) is 21.8. The second kappa shape index (κ2) is 7.84. The first kappa shape index (κ1) is 20.9. The molecule has 0 saturated carbocycles. The molecule has 1 aromatic carbocycles. The summed E-state index contributed by atoms with van der Waals surface area (Å²) in [6.45, 7) is 1.73. The van der Waals surface area contributed by atoms with Gasteiger partial charge in [0.15, 0.2) is 5.13 Å². The molecule has 0 unspecified atom stereocenters. The molecule has 7 nitrogen and oxygen atoms in total. The number of thiophene rings is 1. The molecule has 2 aliphatic heterocycles. The van der Waals surface area contributed by atoms with Crippen LogP contribution in [0.2, 0.25) is 0 Å². The lowest BCUT2D eigenvalue weighted by Gasteiger charge is -2.26. The molecule has 3 aromatic rings. The summed E-state index contributed by atoms with van der Waals surface area (Å²) < 4.78 is 28.6. The Balaban J connectivity index is 1.40. The number of rotatable bonds is 4. The highest BCUT2D eigenvalue weighted by atomic mass is 32.2. The van der Waals surface area contributed by atoms with Gasteiger partial charge in [-0.1, -0.05) is 17.8 Å². The predicted molar refractivity (Wildman–Crippen MR) is 126 cm³/mol. The van der Waals surface area contributed by atoms with Gasteiger partial charge in [-0.2, -0.15) is 4.31 Å². The fraction of sp³-hybridized carbons (Fsp3) is 0.429. The molecule has 10 heteroatoms. The number of sulfonamides is 1. The average Bonchev–Trinajstić information content (AvgIpc) is 3.46. The minimum absolute atomic E-state index is 0.0491. The second-order valence-corrected chi connectivity index (χ2v) is 12.1. The molecule has 5 rings (SSSR count). The van der Waals surface area contributed by atoms with Gasteiger partial charge in [0.05, 0.1) is 14.5 Å². The average molecular weight is 477 g/mol. The van der Waals surface area contributed by atoms with Crippen molar-refractivity contribution in [2.24, 2.45) is 0 Å². The van der Waals surface area contributed by atoms with E-state index >= 15 is 0 Å². The number of nitrogens with zero attached hydrogens (tertiary/aromatic N) is 4. The van der Waals surface area contributed by atoms with Crippen molar-refractivity contribution in [3.8, 4) is 0 Å². The van der Waals surface area contributed by atoms with Crippen LogP contribution in [0.1, 0.15) is 34.5 Å². The zero-order valence-corrected chi connectivity index (χ0v) is 19.9. The molecular weight excluding hydrogens is 452 g/mol. The molecule has 1 amide bonds. The van der Waals surface area contributed by atoms with Gasteiger partial charge < -0.3 is 9.80 Å². The summed E-state index contributed by atoms with van der Waals surface area (Å²) in [6.07, 6.45) is 3.57. The van der Waals surface area contributed by atoms with Crippen molar-refractivity contribution < 1.29 is 13.2 Å². The molecule has 31 heavy (non-hydrogen) atoms.